The Kier molecular flexibility index (Phi) is 6.59. The standard InChI is InChI=1S/C22H28N4O4/c1-29-22-21-20(23-14-24-22)17(7-8-25-9-18(12-27)19(28)11-25)10-26(21)15-30-13-16-5-3-2-4-6-16/h2-6,10,14,18-19,27-28H,7-9,11-13,15H2,1H3. The summed E-state index contributed by atoms with van der Waals surface area (Å²) >= 11 is 0. The maximum Gasteiger partial charge on any atom is 0.241 e. The molecule has 8 nitrogen and oxygen atoms in total. The minimum Gasteiger partial charge on any atom is -0.479 e. The van der Waals surface area contributed by atoms with Crippen molar-refractivity contribution in [2.24, 2.45) is 5.92 Å². The lowest BCUT2D eigenvalue weighted by Crippen LogP contribution is -2.24. The predicted octanol–water partition coefficient (Wildman–Crippen LogP) is 1.44. The molecule has 3 aromatic rings. The molecule has 160 valence electrons. The second-order valence-electron chi connectivity index (χ2n) is 7.69. The van der Waals surface area contributed by atoms with Gasteiger partial charge in [0, 0.05) is 38.4 Å². The number of fused-ring (bicyclic) bond motifs is 1. The Labute approximate surface area is 175 Å². The Morgan fingerprint density at radius 1 is 1.17 bits per heavy atom. The summed E-state index contributed by atoms with van der Waals surface area (Å²) in [5.74, 6) is 0.451. The molecule has 1 aliphatic rings. The number of aliphatic hydroxyl groups excluding tert-OH is 2. The lowest BCUT2D eigenvalue weighted by molar-refractivity contribution is 0.0664. The van der Waals surface area contributed by atoms with E-state index in [4.69, 9.17) is 9.47 Å². The first-order chi connectivity index (χ1) is 14.7. The van der Waals surface area contributed by atoms with Crippen molar-refractivity contribution in [2.45, 2.75) is 25.9 Å². The number of aliphatic hydroxyl groups is 2. The molecule has 0 aliphatic carbocycles. The quantitative estimate of drug-likeness (QED) is 0.549. The van der Waals surface area contributed by atoms with Gasteiger partial charge in [0.05, 0.1) is 25.3 Å². The number of β-amino-alcohol motifs (C(OH)–C–C–N with tert-alkyl or cyclic N) is 1. The summed E-state index contributed by atoms with van der Waals surface area (Å²) in [7, 11) is 1.60. The van der Waals surface area contributed by atoms with Gasteiger partial charge in [0.25, 0.3) is 0 Å². The third kappa shape index (κ3) is 4.46. The fourth-order valence-electron chi connectivity index (χ4n) is 4.02. The van der Waals surface area contributed by atoms with Gasteiger partial charge in [0.1, 0.15) is 18.6 Å². The molecule has 1 saturated heterocycles. The topological polar surface area (TPSA) is 92.9 Å². The van der Waals surface area contributed by atoms with Crippen molar-refractivity contribution in [3.8, 4) is 5.88 Å². The normalized spacial score (nSPS) is 19.6. The average Bonchev–Trinajstić information content (AvgIpc) is 3.32. The van der Waals surface area contributed by atoms with Crippen molar-refractivity contribution in [3.05, 3.63) is 54.0 Å². The van der Waals surface area contributed by atoms with Crippen LogP contribution in [0.5, 0.6) is 5.88 Å². The van der Waals surface area contributed by atoms with Crippen molar-refractivity contribution in [3.63, 3.8) is 0 Å². The van der Waals surface area contributed by atoms with E-state index >= 15 is 0 Å². The minimum absolute atomic E-state index is 0.0140. The predicted molar refractivity (Wildman–Crippen MR) is 112 cm³/mol. The van der Waals surface area contributed by atoms with Crippen LogP contribution in [0.4, 0.5) is 0 Å². The summed E-state index contributed by atoms with van der Waals surface area (Å²) < 4.78 is 13.4. The lowest BCUT2D eigenvalue weighted by atomic mass is 10.1. The van der Waals surface area contributed by atoms with E-state index in [1.807, 2.05) is 41.1 Å². The Bertz CT molecular complexity index is 962. The van der Waals surface area contributed by atoms with Crippen LogP contribution in [0.2, 0.25) is 0 Å². The van der Waals surface area contributed by atoms with Gasteiger partial charge in [0.2, 0.25) is 5.88 Å². The molecule has 0 amide bonds. The highest BCUT2D eigenvalue weighted by atomic mass is 16.5. The minimum atomic E-state index is -0.467. The van der Waals surface area contributed by atoms with Crippen LogP contribution in [-0.4, -0.2) is 69.1 Å². The average molecular weight is 412 g/mol. The van der Waals surface area contributed by atoms with Gasteiger partial charge in [-0.3, -0.25) is 4.90 Å². The summed E-state index contributed by atoms with van der Waals surface area (Å²) in [4.78, 5) is 10.9. The van der Waals surface area contributed by atoms with Crippen molar-refractivity contribution < 1.29 is 19.7 Å². The maximum absolute atomic E-state index is 10.0. The number of likely N-dealkylation sites (tertiary alicyclic amines) is 1. The molecule has 4 rings (SSSR count). The van der Waals surface area contributed by atoms with E-state index in [9.17, 15) is 10.2 Å². The molecule has 30 heavy (non-hydrogen) atoms. The van der Waals surface area contributed by atoms with Crippen LogP contribution in [-0.2, 0) is 24.5 Å². The number of benzene rings is 1. The zero-order valence-electron chi connectivity index (χ0n) is 17.1. The van der Waals surface area contributed by atoms with Gasteiger partial charge in [-0.2, -0.15) is 4.98 Å². The summed E-state index contributed by atoms with van der Waals surface area (Å²) in [5.41, 5.74) is 3.86. The number of aromatic nitrogens is 3. The van der Waals surface area contributed by atoms with Crippen molar-refractivity contribution >= 4 is 11.0 Å². The van der Waals surface area contributed by atoms with Crippen molar-refractivity contribution in [1.29, 1.82) is 0 Å². The molecule has 2 unspecified atom stereocenters. The summed E-state index contributed by atoms with van der Waals surface area (Å²) in [5, 5.41) is 19.4. The van der Waals surface area contributed by atoms with Crippen LogP contribution < -0.4 is 4.74 Å². The zero-order chi connectivity index (χ0) is 20.9. The summed E-state index contributed by atoms with van der Waals surface area (Å²) in [6.07, 6.45) is 3.86. The SMILES string of the molecule is COc1ncnc2c(CCN3CC(O)C(CO)C3)cn(COCc3ccccc3)c12. The van der Waals surface area contributed by atoms with Gasteiger partial charge < -0.3 is 24.3 Å². The van der Waals surface area contributed by atoms with Crippen LogP contribution in [0.25, 0.3) is 11.0 Å². The van der Waals surface area contributed by atoms with Crippen molar-refractivity contribution in [1.82, 2.24) is 19.4 Å². The highest BCUT2D eigenvalue weighted by Gasteiger charge is 2.30. The van der Waals surface area contributed by atoms with Gasteiger partial charge in [-0.1, -0.05) is 30.3 Å². The second-order valence-corrected chi connectivity index (χ2v) is 7.69. The third-order valence-electron chi connectivity index (χ3n) is 5.64. The molecule has 2 atom stereocenters. The number of methoxy groups -OCH3 is 1. The summed E-state index contributed by atoms with van der Waals surface area (Å²) in [6.45, 7) is 2.96. The fourth-order valence-corrected chi connectivity index (χ4v) is 4.02. The number of ether oxygens (including phenoxy) is 2. The third-order valence-corrected chi connectivity index (χ3v) is 5.64. The molecule has 0 bridgehead atoms. The highest BCUT2D eigenvalue weighted by Crippen LogP contribution is 2.27. The molecule has 0 radical (unpaired) electrons. The molecule has 2 aromatic heterocycles. The molecule has 1 aliphatic heterocycles. The Morgan fingerprint density at radius 3 is 2.73 bits per heavy atom. The zero-order valence-corrected chi connectivity index (χ0v) is 17.1. The van der Waals surface area contributed by atoms with Crippen LogP contribution in [0, 0.1) is 5.92 Å². The molecular weight excluding hydrogens is 384 g/mol. The molecule has 2 N–H and O–H groups in total. The van der Waals surface area contributed by atoms with E-state index in [1.165, 1.54) is 6.33 Å². The number of nitrogens with zero attached hydrogens (tertiary/aromatic N) is 4. The fraction of sp³-hybridized carbons (Fsp3) is 0.455. The van der Waals surface area contributed by atoms with E-state index in [-0.39, 0.29) is 12.5 Å². The Balaban J connectivity index is 1.49. The molecule has 3 heterocycles. The Morgan fingerprint density at radius 2 is 2.00 bits per heavy atom. The van der Waals surface area contributed by atoms with E-state index in [0.717, 1.165) is 35.1 Å². The number of rotatable bonds is 9. The monoisotopic (exact) mass is 412 g/mol. The second kappa shape index (κ2) is 9.53. The largest absolute Gasteiger partial charge is 0.479 e. The van der Waals surface area contributed by atoms with E-state index in [2.05, 4.69) is 14.9 Å². The molecule has 0 spiro atoms. The maximum atomic E-state index is 10.0. The molecule has 1 aromatic carbocycles. The first-order valence-corrected chi connectivity index (χ1v) is 10.2. The van der Waals surface area contributed by atoms with Crippen LogP contribution in [0.15, 0.2) is 42.9 Å². The Hall–Kier alpha value is -2.52. The van der Waals surface area contributed by atoms with Gasteiger partial charge in [-0.15, -0.1) is 0 Å². The molecule has 8 heteroatoms. The summed E-state index contributed by atoms with van der Waals surface area (Å²) in [6, 6.07) is 10.0. The van der Waals surface area contributed by atoms with Crippen molar-refractivity contribution in [2.75, 3.05) is 33.4 Å². The van der Waals surface area contributed by atoms with E-state index in [1.54, 1.807) is 7.11 Å². The van der Waals surface area contributed by atoms with Gasteiger partial charge in [0.15, 0.2) is 0 Å². The van der Waals surface area contributed by atoms with Gasteiger partial charge in [-0.05, 0) is 17.5 Å². The van der Waals surface area contributed by atoms with Crippen LogP contribution in [0.3, 0.4) is 0 Å². The van der Waals surface area contributed by atoms with Crippen LogP contribution >= 0.6 is 0 Å². The number of hydrogen-bond acceptors (Lipinski definition) is 7. The smallest absolute Gasteiger partial charge is 0.241 e. The first-order valence-electron chi connectivity index (χ1n) is 10.2. The van der Waals surface area contributed by atoms with Crippen LogP contribution in [0.1, 0.15) is 11.1 Å². The van der Waals surface area contributed by atoms with E-state index in [0.29, 0.717) is 32.3 Å². The molecule has 1 fully saturated rings. The molecular formula is C22H28N4O4. The molecule has 0 saturated carbocycles. The highest BCUT2D eigenvalue weighted by molar-refractivity contribution is 5.83. The van der Waals surface area contributed by atoms with Gasteiger partial charge >= 0.3 is 0 Å². The lowest BCUT2D eigenvalue weighted by Gasteiger charge is -2.14. The number of hydrogen-bond donors (Lipinski definition) is 2. The first kappa shape index (κ1) is 20.7. The van der Waals surface area contributed by atoms with Gasteiger partial charge in [-0.25, -0.2) is 4.98 Å². The van der Waals surface area contributed by atoms with E-state index < -0.39 is 6.10 Å².